The number of hydrogen-bond donors (Lipinski definition) is 2. The summed E-state index contributed by atoms with van der Waals surface area (Å²) in [5, 5.41) is 12.6. The molecule has 0 bridgehead atoms. The van der Waals surface area contributed by atoms with Gasteiger partial charge in [0.1, 0.15) is 28.6 Å². The van der Waals surface area contributed by atoms with Crippen molar-refractivity contribution in [2.45, 2.75) is 18.8 Å². The Balaban J connectivity index is 1.48. The standard InChI is InChI=1S/C25H22F3N5O3/c1-36-19-4-2-3-15(9-19)12-33-20(10-16-5-7-21(25(26,27)28)31-23(16)33)24(35)30-17-6-8-22(29-11-17)32-13-18(34)14-32/h2-11,18,34H,12-14H2,1H3,(H,30,35). The van der Waals surface area contributed by atoms with Gasteiger partial charge in [-0.3, -0.25) is 4.79 Å². The van der Waals surface area contributed by atoms with E-state index in [1.807, 2.05) is 4.90 Å². The van der Waals surface area contributed by atoms with Gasteiger partial charge in [0.15, 0.2) is 0 Å². The molecule has 4 aromatic rings. The van der Waals surface area contributed by atoms with Gasteiger partial charge in [0.2, 0.25) is 0 Å². The summed E-state index contributed by atoms with van der Waals surface area (Å²) < 4.78 is 46.8. The number of nitrogens with zero attached hydrogens (tertiary/aromatic N) is 4. The van der Waals surface area contributed by atoms with E-state index in [4.69, 9.17) is 4.74 Å². The van der Waals surface area contributed by atoms with Gasteiger partial charge in [-0.25, -0.2) is 9.97 Å². The van der Waals surface area contributed by atoms with Crippen molar-refractivity contribution in [3.05, 3.63) is 77.7 Å². The second-order valence-electron chi connectivity index (χ2n) is 8.49. The van der Waals surface area contributed by atoms with E-state index in [-0.39, 0.29) is 24.0 Å². The minimum absolute atomic E-state index is 0.0441. The number of hydrogen-bond acceptors (Lipinski definition) is 6. The molecule has 0 spiro atoms. The number of aliphatic hydroxyl groups is 1. The quantitative estimate of drug-likeness (QED) is 0.419. The highest BCUT2D eigenvalue weighted by Crippen LogP contribution is 2.31. The van der Waals surface area contributed by atoms with Crippen LogP contribution in [-0.2, 0) is 12.7 Å². The molecule has 1 amide bonds. The molecule has 0 saturated carbocycles. The minimum atomic E-state index is -4.62. The molecule has 1 aliphatic rings. The van der Waals surface area contributed by atoms with Crippen molar-refractivity contribution in [3.8, 4) is 5.75 Å². The molecule has 11 heteroatoms. The number of aromatic nitrogens is 3. The number of β-amino-alcohol motifs (C(OH)–C–C–N with tert-alkyl or cyclic N) is 1. The van der Waals surface area contributed by atoms with Gasteiger partial charge < -0.3 is 24.6 Å². The van der Waals surface area contributed by atoms with Crippen LogP contribution in [0.2, 0.25) is 0 Å². The van der Waals surface area contributed by atoms with Crippen molar-refractivity contribution in [2.24, 2.45) is 0 Å². The lowest BCUT2D eigenvalue weighted by Gasteiger charge is -2.36. The number of alkyl halides is 3. The molecule has 1 aromatic carbocycles. The maximum Gasteiger partial charge on any atom is 0.433 e. The first-order chi connectivity index (χ1) is 17.2. The maximum atomic E-state index is 13.4. The summed E-state index contributed by atoms with van der Waals surface area (Å²) in [6.45, 7) is 1.10. The van der Waals surface area contributed by atoms with Crippen LogP contribution in [0.4, 0.5) is 24.7 Å². The predicted molar refractivity (Wildman–Crippen MR) is 127 cm³/mol. The predicted octanol–water partition coefficient (Wildman–Crippen LogP) is 3.94. The van der Waals surface area contributed by atoms with Crippen molar-refractivity contribution in [3.63, 3.8) is 0 Å². The van der Waals surface area contributed by atoms with E-state index in [1.54, 1.807) is 36.4 Å². The summed E-state index contributed by atoms with van der Waals surface area (Å²) in [6.07, 6.45) is -3.50. The average molecular weight is 497 g/mol. The van der Waals surface area contributed by atoms with Crippen LogP contribution < -0.4 is 15.0 Å². The number of halogens is 3. The summed E-state index contributed by atoms with van der Waals surface area (Å²) in [5.41, 5.74) is 0.301. The van der Waals surface area contributed by atoms with Crippen LogP contribution >= 0.6 is 0 Å². The molecule has 8 nitrogen and oxygen atoms in total. The van der Waals surface area contributed by atoms with Crippen LogP contribution in [0.25, 0.3) is 11.0 Å². The first-order valence-corrected chi connectivity index (χ1v) is 11.1. The number of aliphatic hydroxyl groups excluding tert-OH is 1. The fraction of sp³-hybridized carbons (Fsp3) is 0.240. The van der Waals surface area contributed by atoms with Gasteiger partial charge in [-0.2, -0.15) is 13.2 Å². The highest BCUT2D eigenvalue weighted by molar-refractivity contribution is 6.06. The summed E-state index contributed by atoms with van der Waals surface area (Å²) in [5.74, 6) is 0.743. The monoisotopic (exact) mass is 497 g/mol. The number of methoxy groups -OCH3 is 1. The maximum absolute atomic E-state index is 13.4. The molecule has 186 valence electrons. The van der Waals surface area contributed by atoms with Crippen molar-refractivity contribution in [1.82, 2.24) is 14.5 Å². The molecule has 5 rings (SSSR count). The summed E-state index contributed by atoms with van der Waals surface area (Å²) >= 11 is 0. The number of rotatable bonds is 6. The number of anilines is 2. The van der Waals surface area contributed by atoms with Gasteiger partial charge in [0, 0.05) is 25.0 Å². The lowest BCUT2D eigenvalue weighted by atomic mass is 10.2. The van der Waals surface area contributed by atoms with Crippen LogP contribution in [-0.4, -0.2) is 51.9 Å². The highest BCUT2D eigenvalue weighted by atomic mass is 19.4. The molecule has 0 radical (unpaired) electrons. The molecule has 0 aliphatic carbocycles. The smallest absolute Gasteiger partial charge is 0.433 e. The van der Waals surface area contributed by atoms with Gasteiger partial charge in [0.05, 0.1) is 25.1 Å². The van der Waals surface area contributed by atoms with Crippen LogP contribution in [0, 0.1) is 0 Å². The number of amides is 1. The van der Waals surface area contributed by atoms with Gasteiger partial charge in [-0.05, 0) is 48.0 Å². The SMILES string of the molecule is COc1cccc(Cn2c(C(=O)Nc3ccc(N4CC(O)C4)nc3)cc3ccc(C(F)(F)F)nc32)c1. The number of benzene rings is 1. The molecule has 36 heavy (non-hydrogen) atoms. The van der Waals surface area contributed by atoms with Crippen molar-refractivity contribution in [1.29, 1.82) is 0 Å². The molecule has 2 N–H and O–H groups in total. The van der Waals surface area contributed by atoms with Crippen LogP contribution in [0.5, 0.6) is 5.75 Å². The summed E-state index contributed by atoms with van der Waals surface area (Å²) in [4.78, 5) is 23.3. The van der Waals surface area contributed by atoms with E-state index in [0.29, 0.717) is 35.7 Å². The zero-order chi connectivity index (χ0) is 25.4. The summed E-state index contributed by atoms with van der Waals surface area (Å²) in [7, 11) is 1.52. The number of nitrogens with one attached hydrogen (secondary N) is 1. The largest absolute Gasteiger partial charge is 0.497 e. The lowest BCUT2D eigenvalue weighted by molar-refractivity contribution is -0.141. The zero-order valence-electron chi connectivity index (χ0n) is 19.2. The molecule has 1 fully saturated rings. The Morgan fingerprint density at radius 3 is 2.64 bits per heavy atom. The Morgan fingerprint density at radius 2 is 1.97 bits per heavy atom. The van der Waals surface area contributed by atoms with Crippen LogP contribution in [0.15, 0.2) is 60.8 Å². The Kier molecular flexibility index (Phi) is 6.00. The molecule has 0 atom stereocenters. The van der Waals surface area contributed by atoms with Crippen LogP contribution in [0.1, 0.15) is 21.7 Å². The fourth-order valence-electron chi connectivity index (χ4n) is 4.07. The van der Waals surface area contributed by atoms with E-state index in [1.165, 1.54) is 30.0 Å². The molecule has 1 aliphatic heterocycles. The normalized spacial score (nSPS) is 14.1. The van der Waals surface area contributed by atoms with Gasteiger partial charge >= 0.3 is 6.18 Å². The van der Waals surface area contributed by atoms with E-state index in [0.717, 1.165) is 11.6 Å². The number of fused-ring (bicyclic) bond motifs is 1. The molecule has 4 heterocycles. The minimum Gasteiger partial charge on any atom is -0.497 e. The van der Waals surface area contributed by atoms with E-state index in [9.17, 15) is 23.1 Å². The number of carbonyl (C=O) groups is 1. The Labute approximate surface area is 204 Å². The van der Waals surface area contributed by atoms with Crippen molar-refractivity contribution in [2.75, 3.05) is 30.4 Å². The van der Waals surface area contributed by atoms with Gasteiger partial charge in [0.25, 0.3) is 5.91 Å². The lowest BCUT2D eigenvalue weighted by Crippen LogP contribution is -2.51. The molecule has 1 saturated heterocycles. The second kappa shape index (κ2) is 9.15. The van der Waals surface area contributed by atoms with Crippen LogP contribution in [0.3, 0.4) is 0 Å². The molecular weight excluding hydrogens is 475 g/mol. The Bertz CT molecular complexity index is 1410. The first kappa shape index (κ1) is 23.6. The van der Waals surface area contributed by atoms with Gasteiger partial charge in [-0.15, -0.1) is 0 Å². The zero-order valence-corrected chi connectivity index (χ0v) is 19.2. The molecule has 3 aromatic heterocycles. The second-order valence-corrected chi connectivity index (χ2v) is 8.49. The Morgan fingerprint density at radius 1 is 1.17 bits per heavy atom. The highest BCUT2D eigenvalue weighted by Gasteiger charge is 2.33. The molecular formula is C25H22F3N5O3. The van der Waals surface area contributed by atoms with E-state index >= 15 is 0 Å². The van der Waals surface area contributed by atoms with E-state index in [2.05, 4.69) is 15.3 Å². The topological polar surface area (TPSA) is 92.5 Å². The first-order valence-electron chi connectivity index (χ1n) is 11.1. The third kappa shape index (κ3) is 4.69. The Hall–Kier alpha value is -4.12. The fourth-order valence-corrected chi connectivity index (χ4v) is 4.07. The summed E-state index contributed by atoms with van der Waals surface area (Å²) in [6, 6.07) is 14.2. The van der Waals surface area contributed by atoms with E-state index < -0.39 is 17.8 Å². The van der Waals surface area contributed by atoms with Crippen molar-refractivity contribution >= 4 is 28.4 Å². The third-order valence-corrected chi connectivity index (χ3v) is 5.93. The average Bonchev–Trinajstić information content (AvgIpc) is 3.20. The number of ether oxygens (including phenoxy) is 1. The van der Waals surface area contributed by atoms with Crippen molar-refractivity contribution < 1.29 is 27.8 Å². The molecule has 0 unspecified atom stereocenters. The van der Waals surface area contributed by atoms with Gasteiger partial charge in [-0.1, -0.05) is 12.1 Å². The number of pyridine rings is 2. The number of carbonyl (C=O) groups excluding carboxylic acids is 1. The third-order valence-electron chi connectivity index (χ3n) is 5.93.